The predicted octanol–water partition coefficient (Wildman–Crippen LogP) is 3.99. The molecule has 4 aromatic rings. The Morgan fingerprint density at radius 1 is 0.981 bits per heavy atom. The van der Waals surface area contributed by atoms with Gasteiger partial charge in [-0.05, 0) is 18.2 Å². The maximum Gasteiger partial charge on any atom is 0.303 e. The average molecular weight is 755 g/mol. The number of methoxy groups -OCH3 is 1. The number of aromatic nitrogens is 6. The Hall–Kier alpha value is -4.46. The molecule has 280 valence electrons. The molecule has 2 aromatic carbocycles. The second-order valence-corrected chi connectivity index (χ2v) is 15.1. The summed E-state index contributed by atoms with van der Waals surface area (Å²) in [4.78, 5) is 24.7. The predicted molar refractivity (Wildman–Crippen MR) is 175 cm³/mol. The van der Waals surface area contributed by atoms with E-state index < -0.39 is 87.6 Å². The third-order valence-electron chi connectivity index (χ3n) is 9.15. The van der Waals surface area contributed by atoms with Crippen molar-refractivity contribution in [2.45, 2.75) is 61.2 Å². The lowest BCUT2D eigenvalue weighted by atomic mass is 10.0. The molecule has 0 bridgehead atoms. The molecule has 2 aromatic heterocycles. The minimum atomic E-state index is -2.68. The fraction of sp³-hybridized carbons (Fsp3) is 0.455. The van der Waals surface area contributed by atoms with E-state index in [4.69, 9.17) is 18.9 Å². The molecule has 52 heavy (non-hydrogen) atoms. The Bertz CT molecular complexity index is 1890. The number of hydrogen-bond donors (Lipinski definition) is 2. The van der Waals surface area contributed by atoms with E-state index in [1.54, 1.807) is 6.07 Å². The highest BCUT2D eigenvalue weighted by Gasteiger charge is 2.52. The van der Waals surface area contributed by atoms with Crippen molar-refractivity contribution in [1.82, 2.24) is 30.0 Å². The number of ether oxygens (including phenoxy) is 4. The number of aliphatic hydroxyl groups excluding tert-OH is 1. The van der Waals surface area contributed by atoms with Gasteiger partial charge < -0.3 is 24.1 Å². The number of nitrogens with zero attached hydrogens (tertiary/aromatic N) is 6. The van der Waals surface area contributed by atoms with Crippen LogP contribution < -0.4 is 0 Å². The Morgan fingerprint density at radius 2 is 1.65 bits per heavy atom. The lowest BCUT2D eigenvalue weighted by Crippen LogP contribution is -2.57. The number of halogens is 5. The van der Waals surface area contributed by atoms with Crippen molar-refractivity contribution in [3.05, 3.63) is 71.8 Å². The smallest absolute Gasteiger partial charge is 0.303 e. The first-order valence-corrected chi connectivity index (χ1v) is 17.7. The standard InChI is InChI=1S/C33H35F5N6O7S/c1-16(45)50-14-28-32(51-17(2)46)30(44-11-24(40-42-44)20-8-21(34)29(36)22(35)9-20)26(48-3)15-52(28)27-13-49-12-25(31(27)47)43-10-23(39-41-43)18-5-4-6-19(7-18)33(37)38/h4-11,25-28,30-33,47,52H,12-15H2,1-3H3/t25-,26-,27+,28+,30-,31+,32-/m0/s1. The lowest BCUT2D eigenvalue weighted by molar-refractivity contribution is -0.154. The number of alkyl halides is 2. The number of hydrogen-bond acceptors (Lipinski definition) is 11. The van der Waals surface area contributed by atoms with Gasteiger partial charge >= 0.3 is 11.9 Å². The molecule has 13 nitrogen and oxygen atoms in total. The maximum absolute atomic E-state index is 14.1. The van der Waals surface area contributed by atoms with Crippen LogP contribution in [0.4, 0.5) is 22.0 Å². The zero-order valence-electron chi connectivity index (χ0n) is 28.0. The topological polar surface area (TPSA) is 153 Å². The van der Waals surface area contributed by atoms with E-state index in [2.05, 4.69) is 20.6 Å². The first kappa shape index (κ1) is 37.3. The van der Waals surface area contributed by atoms with Gasteiger partial charge in [-0.25, -0.2) is 42.2 Å². The number of carbonyl (C=O) groups is 2. The van der Waals surface area contributed by atoms with Crippen molar-refractivity contribution in [3.8, 4) is 22.5 Å². The number of carbonyl (C=O) groups excluding carboxylic acids is 2. The molecule has 0 spiro atoms. The Labute approximate surface area is 296 Å². The number of thiol groups is 1. The molecule has 0 aliphatic carbocycles. The van der Waals surface area contributed by atoms with E-state index in [0.29, 0.717) is 11.3 Å². The Kier molecular flexibility index (Phi) is 11.2. The first-order chi connectivity index (χ1) is 24.9. The normalized spacial score (nSPS) is 27.0. The summed E-state index contributed by atoms with van der Waals surface area (Å²) in [5, 5.41) is 27.1. The van der Waals surface area contributed by atoms with Crippen molar-refractivity contribution in [3.63, 3.8) is 0 Å². The first-order valence-electron chi connectivity index (χ1n) is 16.1. The summed E-state index contributed by atoms with van der Waals surface area (Å²) in [6.07, 6.45) is -2.72. The largest absolute Gasteiger partial charge is 0.465 e. The number of aliphatic hydroxyl groups is 1. The van der Waals surface area contributed by atoms with E-state index in [-0.39, 0.29) is 42.4 Å². The Balaban J connectivity index is 1.33. The maximum atomic E-state index is 14.1. The van der Waals surface area contributed by atoms with Crippen LogP contribution in [0.5, 0.6) is 0 Å². The van der Waals surface area contributed by atoms with Gasteiger partial charge in [0.1, 0.15) is 36.2 Å². The molecule has 0 amide bonds. The lowest BCUT2D eigenvalue weighted by Gasteiger charge is -2.52. The molecule has 0 radical (unpaired) electrons. The zero-order valence-corrected chi connectivity index (χ0v) is 28.9. The molecule has 2 fully saturated rings. The molecule has 2 aliphatic heterocycles. The highest BCUT2D eigenvalue weighted by atomic mass is 32.2. The minimum Gasteiger partial charge on any atom is -0.465 e. The van der Waals surface area contributed by atoms with Gasteiger partial charge in [-0.15, -0.1) is 10.2 Å². The Morgan fingerprint density at radius 3 is 2.31 bits per heavy atom. The van der Waals surface area contributed by atoms with Gasteiger partial charge in [-0.3, -0.25) is 9.59 Å². The van der Waals surface area contributed by atoms with E-state index in [1.807, 2.05) is 0 Å². The van der Waals surface area contributed by atoms with Gasteiger partial charge in [0.15, 0.2) is 17.5 Å². The van der Waals surface area contributed by atoms with Gasteiger partial charge in [-0.1, -0.05) is 28.6 Å². The van der Waals surface area contributed by atoms with Crippen LogP contribution in [-0.4, -0.2) is 109 Å². The van der Waals surface area contributed by atoms with Crippen LogP contribution in [0.3, 0.4) is 0 Å². The molecule has 19 heteroatoms. The fourth-order valence-electron chi connectivity index (χ4n) is 6.68. The van der Waals surface area contributed by atoms with Crippen LogP contribution in [0.25, 0.3) is 22.5 Å². The van der Waals surface area contributed by atoms with Crippen molar-refractivity contribution < 1.29 is 55.6 Å². The molecule has 8 atom stereocenters. The van der Waals surface area contributed by atoms with Crippen LogP contribution in [0, 0.1) is 17.5 Å². The van der Waals surface area contributed by atoms with Crippen LogP contribution >= 0.6 is 10.9 Å². The van der Waals surface area contributed by atoms with Crippen molar-refractivity contribution in [2.75, 3.05) is 32.7 Å². The van der Waals surface area contributed by atoms with Crippen molar-refractivity contribution >= 4 is 22.8 Å². The van der Waals surface area contributed by atoms with Gasteiger partial charge in [0.2, 0.25) is 0 Å². The number of benzene rings is 2. The number of rotatable bonds is 10. The molecular weight excluding hydrogens is 719 g/mol. The fourth-order valence-corrected chi connectivity index (χ4v) is 10.3. The highest BCUT2D eigenvalue weighted by molar-refractivity contribution is 8.18. The van der Waals surface area contributed by atoms with E-state index in [9.17, 15) is 36.6 Å². The summed E-state index contributed by atoms with van der Waals surface area (Å²) in [6, 6.07) is 5.61. The molecule has 4 heterocycles. The quantitative estimate of drug-likeness (QED) is 0.105. The molecule has 1 N–H and O–H groups in total. The van der Waals surface area contributed by atoms with Crippen molar-refractivity contribution in [2.24, 2.45) is 0 Å². The average Bonchev–Trinajstić information content (AvgIpc) is 3.80. The summed E-state index contributed by atoms with van der Waals surface area (Å²) in [6.45, 7) is 2.33. The highest BCUT2D eigenvalue weighted by Crippen LogP contribution is 2.52. The summed E-state index contributed by atoms with van der Waals surface area (Å²) in [5.74, 6) is -5.50. The van der Waals surface area contributed by atoms with Gasteiger partial charge in [0.25, 0.3) is 6.43 Å². The van der Waals surface area contributed by atoms with E-state index >= 15 is 0 Å². The van der Waals surface area contributed by atoms with Crippen LogP contribution in [0.15, 0.2) is 48.8 Å². The summed E-state index contributed by atoms with van der Waals surface area (Å²) < 4.78 is 94.5. The molecular formula is C33H35F5N6O7S. The molecule has 0 saturated carbocycles. The SMILES string of the molecule is CO[C@H]1C[SH]([C@@H]2COC[C@H](n3cc(-c4cccc(C(F)F)c4)nn3)[C@H]2O)[C@H](COC(C)=O)[C@H](OC(C)=O)[C@H]1n1cc(-c2cc(F)c(F)c(F)c2)nn1. The van der Waals surface area contributed by atoms with Crippen molar-refractivity contribution in [1.29, 1.82) is 0 Å². The summed E-state index contributed by atoms with van der Waals surface area (Å²) in [5.41, 5.74) is 0.436. The second-order valence-electron chi connectivity index (χ2n) is 12.4. The van der Waals surface area contributed by atoms with Crippen LogP contribution in [0.1, 0.15) is 37.9 Å². The molecule has 2 saturated heterocycles. The van der Waals surface area contributed by atoms with Gasteiger partial charge in [0.05, 0.1) is 43.1 Å². The molecule has 2 aliphatic rings. The van der Waals surface area contributed by atoms with Gasteiger partial charge in [-0.2, -0.15) is 0 Å². The monoisotopic (exact) mass is 754 g/mol. The number of esters is 2. The van der Waals surface area contributed by atoms with Crippen LogP contribution in [-0.2, 0) is 28.5 Å². The summed E-state index contributed by atoms with van der Waals surface area (Å²) in [7, 11) is -0.0400. The van der Waals surface area contributed by atoms with E-state index in [0.717, 1.165) is 12.1 Å². The van der Waals surface area contributed by atoms with Crippen LogP contribution in [0.2, 0.25) is 0 Å². The molecule has 6 rings (SSSR count). The summed E-state index contributed by atoms with van der Waals surface area (Å²) >= 11 is 0. The van der Waals surface area contributed by atoms with E-state index in [1.165, 1.54) is 60.9 Å². The van der Waals surface area contributed by atoms with Gasteiger partial charge in [0, 0.05) is 48.7 Å². The molecule has 1 unspecified atom stereocenters. The third kappa shape index (κ3) is 7.67. The minimum absolute atomic E-state index is 0.00863. The zero-order chi connectivity index (χ0) is 37.3. The third-order valence-corrected chi connectivity index (χ3v) is 12.5. The second kappa shape index (κ2) is 15.6.